The van der Waals surface area contributed by atoms with Crippen molar-refractivity contribution in [2.75, 3.05) is 11.1 Å². The first kappa shape index (κ1) is 27.1. The van der Waals surface area contributed by atoms with Crippen LogP contribution in [0.15, 0.2) is 102 Å². The Morgan fingerprint density at radius 1 is 1.07 bits per heavy atom. The van der Waals surface area contributed by atoms with E-state index in [0.29, 0.717) is 49.7 Å². The summed E-state index contributed by atoms with van der Waals surface area (Å²) in [6, 6.07) is 23.3. The van der Waals surface area contributed by atoms with Crippen LogP contribution in [0, 0.1) is 0 Å². The number of sulfone groups is 1. The number of hydrogen-bond donors (Lipinski definition) is 2. The van der Waals surface area contributed by atoms with Gasteiger partial charge in [-0.15, -0.1) is 0 Å². The Kier molecular flexibility index (Phi) is 7.42. The number of pyridine rings is 1. The average Bonchev–Trinajstić information content (AvgIpc) is 2.93. The maximum Gasteiger partial charge on any atom is 0.264 e. The van der Waals surface area contributed by atoms with Gasteiger partial charge in [0.15, 0.2) is 9.84 Å². The molecular formula is C30H26ClN5O3S. The number of para-hydroxylation sites is 1. The predicted molar refractivity (Wildman–Crippen MR) is 161 cm³/mol. The third-order valence-corrected chi connectivity index (χ3v) is 8.06. The number of nitrogens with two attached hydrogens (primary N) is 1. The standard InChI is InChI=1S/C30H26ClN5O3S/c1-3-40(38,39)18-20-9-7-10-21(15-20)24-17-33-30(32)35-28(24)34-19(2)26-16-22-11-8-14-25(31)27(22)29(37)36(26)23-12-5-4-6-13-23/h3-17,19H,1,18H2,2H3,(H3,32,33,34,35)/t19-/m0/s1. The fourth-order valence-electron chi connectivity index (χ4n) is 4.62. The van der Waals surface area contributed by atoms with Gasteiger partial charge in [0.2, 0.25) is 5.95 Å². The molecule has 0 radical (unpaired) electrons. The van der Waals surface area contributed by atoms with Crippen LogP contribution in [0.1, 0.15) is 24.2 Å². The van der Waals surface area contributed by atoms with Crippen molar-refractivity contribution in [2.45, 2.75) is 18.7 Å². The Morgan fingerprint density at radius 2 is 1.82 bits per heavy atom. The molecule has 2 aromatic heterocycles. The molecule has 3 N–H and O–H groups in total. The van der Waals surface area contributed by atoms with E-state index in [0.717, 1.165) is 5.41 Å². The highest BCUT2D eigenvalue weighted by molar-refractivity contribution is 7.93. The molecule has 0 aliphatic heterocycles. The molecule has 8 nitrogen and oxygen atoms in total. The molecule has 2 heterocycles. The van der Waals surface area contributed by atoms with Gasteiger partial charge in [0.25, 0.3) is 5.56 Å². The zero-order valence-corrected chi connectivity index (χ0v) is 23.2. The van der Waals surface area contributed by atoms with Crippen LogP contribution in [0.25, 0.3) is 27.6 Å². The number of nitrogen functional groups attached to an aromatic ring is 1. The fourth-order valence-corrected chi connectivity index (χ4v) is 5.64. The molecule has 0 amide bonds. The molecule has 0 bridgehead atoms. The minimum absolute atomic E-state index is 0.0644. The van der Waals surface area contributed by atoms with Crippen molar-refractivity contribution in [1.82, 2.24) is 14.5 Å². The molecule has 5 aromatic rings. The number of nitrogens with one attached hydrogen (secondary N) is 1. The molecule has 202 valence electrons. The summed E-state index contributed by atoms with van der Waals surface area (Å²) in [4.78, 5) is 22.4. The van der Waals surface area contributed by atoms with Crippen LogP contribution in [-0.4, -0.2) is 23.0 Å². The van der Waals surface area contributed by atoms with E-state index in [1.807, 2.05) is 61.5 Å². The van der Waals surface area contributed by atoms with Crippen molar-refractivity contribution in [3.05, 3.63) is 124 Å². The smallest absolute Gasteiger partial charge is 0.264 e. The van der Waals surface area contributed by atoms with Gasteiger partial charge in [-0.05, 0) is 53.8 Å². The number of fused-ring (bicyclic) bond motifs is 1. The van der Waals surface area contributed by atoms with E-state index in [-0.39, 0.29) is 17.3 Å². The molecule has 10 heteroatoms. The second-order valence-corrected chi connectivity index (χ2v) is 11.6. The molecule has 0 spiro atoms. The van der Waals surface area contributed by atoms with Crippen LogP contribution in [0.4, 0.5) is 11.8 Å². The Bertz CT molecular complexity index is 1910. The maximum atomic E-state index is 13.8. The summed E-state index contributed by atoms with van der Waals surface area (Å²) in [5.74, 6) is 0.319. The Balaban J connectivity index is 1.62. The van der Waals surface area contributed by atoms with E-state index in [1.165, 1.54) is 0 Å². The second-order valence-electron chi connectivity index (χ2n) is 9.28. The van der Waals surface area contributed by atoms with Crippen LogP contribution < -0.4 is 16.6 Å². The van der Waals surface area contributed by atoms with Crippen molar-refractivity contribution >= 4 is 44.0 Å². The summed E-state index contributed by atoms with van der Waals surface area (Å²) < 4.78 is 25.9. The molecular weight excluding hydrogens is 546 g/mol. The Labute approximate surface area is 236 Å². The van der Waals surface area contributed by atoms with E-state index in [9.17, 15) is 13.2 Å². The number of rotatable bonds is 8. The zero-order chi connectivity index (χ0) is 28.4. The molecule has 5 rings (SSSR count). The molecule has 40 heavy (non-hydrogen) atoms. The minimum Gasteiger partial charge on any atom is -0.368 e. The van der Waals surface area contributed by atoms with E-state index in [2.05, 4.69) is 21.9 Å². The summed E-state index contributed by atoms with van der Waals surface area (Å²) in [5.41, 5.74) is 9.02. The van der Waals surface area contributed by atoms with Crippen molar-refractivity contribution in [3.8, 4) is 16.8 Å². The summed E-state index contributed by atoms with van der Waals surface area (Å²) in [6.07, 6.45) is 1.59. The van der Waals surface area contributed by atoms with Crippen molar-refractivity contribution < 1.29 is 8.42 Å². The largest absolute Gasteiger partial charge is 0.368 e. The highest BCUT2D eigenvalue weighted by atomic mass is 35.5. The van der Waals surface area contributed by atoms with E-state index in [4.69, 9.17) is 17.3 Å². The summed E-state index contributed by atoms with van der Waals surface area (Å²) in [5, 5.41) is 5.88. The van der Waals surface area contributed by atoms with Crippen LogP contribution in [0.2, 0.25) is 5.02 Å². The monoisotopic (exact) mass is 571 g/mol. The highest BCUT2D eigenvalue weighted by Gasteiger charge is 2.20. The van der Waals surface area contributed by atoms with Gasteiger partial charge in [-0.3, -0.25) is 9.36 Å². The SMILES string of the molecule is C=CS(=O)(=O)Cc1cccc(-c2cnc(N)nc2N[C@@H](C)c2cc3cccc(Cl)c3c(=O)n2-c2ccccc2)c1. The van der Waals surface area contributed by atoms with Crippen molar-refractivity contribution in [2.24, 2.45) is 0 Å². The Morgan fingerprint density at radius 3 is 2.58 bits per heavy atom. The van der Waals surface area contributed by atoms with Crippen LogP contribution in [0.3, 0.4) is 0 Å². The lowest BCUT2D eigenvalue weighted by molar-refractivity contribution is 0.604. The second kappa shape index (κ2) is 11.0. The number of benzene rings is 3. The predicted octanol–water partition coefficient (Wildman–Crippen LogP) is 5.91. The molecule has 0 aliphatic carbocycles. The first-order valence-corrected chi connectivity index (χ1v) is 14.5. The maximum absolute atomic E-state index is 13.8. The number of nitrogens with zero attached hydrogens (tertiary/aromatic N) is 3. The third-order valence-electron chi connectivity index (χ3n) is 6.50. The third kappa shape index (κ3) is 5.47. The molecule has 0 fully saturated rings. The van der Waals surface area contributed by atoms with Gasteiger partial charge in [-0.25, -0.2) is 13.4 Å². The molecule has 0 saturated carbocycles. The van der Waals surface area contributed by atoms with E-state index < -0.39 is 15.9 Å². The lowest BCUT2D eigenvalue weighted by Gasteiger charge is -2.23. The van der Waals surface area contributed by atoms with Gasteiger partial charge in [0, 0.05) is 28.5 Å². The minimum atomic E-state index is -3.44. The number of hydrogen-bond acceptors (Lipinski definition) is 7. The Hall–Kier alpha value is -4.47. The number of anilines is 2. The first-order valence-electron chi connectivity index (χ1n) is 12.4. The van der Waals surface area contributed by atoms with Crippen LogP contribution >= 0.6 is 11.6 Å². The molecule has 0 aliphatic rings. The van der Waals surface area contributed by atoms with Gasteiger partial charge in [0.05, 0.1) is 22.2 Å². The lowest BCUT2D eigenvalue weighted by Crippen LogP contribution is -2.26. The van der Waals surface area contributed by atoms with Gasteiger partial charge < -0.3 is 11.1 Å². The average molecular weight is 572 g/mol. The van der Waals surface area contributed by atoms with Crippen LogP contribution in [0.5, 0.6) is 0 Å². The van der Waals surface area contributed by atoms with Gasteiger partial charge in [-0.1, -0.05) is 66.7 Å². The van der Waals surface area contributed by atoms with E-state index >= 15 is 0 Å². The first-order chi connectivity index (χ1) is 19.2. The van der Waals surface area contributed by atoms with Gasteiger partial charge >= 0.3 is 0 Å². The molecule has 0 saturated heterocycles. The molecule has 0 unspecified atom stereocenters. The summed E-state index contributed by atoms with van der Waals surface area (Å²) in [6.45, 7) is 5.31. The van der Waals surface area contributed by atoms with Crippen LogP contribution in [-0.2, 0) is 15.6 Å². The van der Waals surface area contributed by atoms with Gasteiger partial charge in [-0.2, -0.15) is 4.98 Å². The molecule has 3 aromatic carbocycles. The van der Waals surface area contributed by atoms with Gasteiger partial charge in [0.1, 0.15) is 5.82 Å². The highest BCUT2D eigenvalue weighted by Crippen LogP contribution is 2.32. The quantitative estimate of drug-likeness (QED) is 0.237. The zero-order valence-electron chi connectivity index (χ0n) is 21.6. The topological polar surface area (TPSA) is 120 Å². The van der Waals surface area contributed by atoms with Crippen molar-refractivity contribution in [3.63, 3.8) is 0 Å². The number of halogens is 1. The summed E-state index contributed by atoms with van der Waals surface area (Å²) in [7, 11) is -3.44. The normalized spacial score (nSPS) is 12.2. The summed E-state index contributed by atoms with van der Waals surface area (Å²) >= 11 is 6.45. The fraction of sp³-hybridized carbons (Fsp3) is 0.100. The number of aromatic nitrogens is 3. The van der Waals surface area contributed by atoms with Crippen molar-refractivity contribution in [1.29, 1.82) is 0 Å². The lowest BCUT2D eigenvalue weighted by atomic mass is 10.0. The van der Waals surface area contributed by atoms with E-state index in [1.54, 1.807) is 35.0 Å². The molecule has 1 atom stereocenters.